The number of hydrogen-bond donors (Lipinski definition) is 2. The molecule has 4 aliphatic carbocycles. The molecule has 4 nitrogen and oxygen atoms in total. The fraction of sp³-hybridized carbons (Fsp3) is 0.912. The summed E-state index contributed by atoms with van der Waals surface area (Å²) in [6, 6.07) is 0.229. The predicted octanol–water partition coefficient (Wildman–Crippen LogP) is 9.06. The summed E-state index contributed by atoms with van der Waals surface area (Å²) in [5.74, 6) is 5.23. The molecular weight excluding hydrogens is 504 g/mol. The van der Waals surface area contributed by atoms with Crippen LogP contribution in [0.15, 0.2) is 11.6 Å². The average molecular weight is 565 g/mol. The maximum atomic E-state index is 12.4. The van der Waals surface area contributed by atoms with Crippen molar-refractivity contribution in [1.82, 2.24) is 5.32 Å². The normalized spacial score (nSPS) is 36.2. The molecule has 3 fully saturated rings. The van der Waals surface area contributed by atoms with Gasteiger partial charge in [0.1, 0.15) is 0 Å². The molecule has 1 amide bonds. The second-order valence-electron chi connectivity index (χ2n) is 14.7. The molecular formula is C34H61ClN2O2. The fourth-order valence-corrected chi connectivity index (χ4v) is 9.78. The molecule has 0 aromatic heterocycles. The first kappa shape index (κ1) is 32.8. The van der Waals surface area contributed by atoms with Gasteiger partial charge in [0, 0.05) is 6.04 Å². The Balaban J connectivity index is 0.00000420. The summed E-state index contributed by atoms with van der Waals surface area (Å²) in [6.45, 7) is 13.8. The smallest absolute Gasteiger partial charge is 0.407 e. The Morgan fingerprint density at radius 3 is 2.51 bits per heavy atom. The van der Waals surface area contributed by atoms with Crippen LogP contribution in [-0.4, -0.2) is 25.3 Å². The van der Waals surface area contributed by atoms with Crippen molar-refractivity contribution in [3.05, 3.63) is 11.6 Å². The van der Waals surface area contributed by atoms with Gasteiger partial charge in [-0.1, -0.05) is 78.4 Å². The van der Waals surface area contributed by atoms with Crippen molar-refractivity contribution in [2.45, 2.75) is 137 Å². The van der Waals surface area contributed by atoms with Crippen molar-refractivity contribution in [3.63, 3.8) is 0 Å². The molecule has 226 valence electrons. The van der Waals surface area contributed by atoms with Gasteiger partial charge in [-0.3, -0.25) is 0 Å². The maximum absolute atomic E-state index is 12.4. The Bertz CT molecular complexity index is 815. The van der Waals surface area contributed by atoms with Crippen LogP contribution in [0.4, 0.5) is 4.79 Å². The first-order valence-electron chi connectivity index (χ1n) is 16.5. The lowest BCUT2D eigenvalue weighted by molar-refractivity contribution is -0.0514. The second kappa shape index (κ2) is 14.4. The van der Waals surface area contributed by atoms with Gasteiger partial charge in [0.25, 0.3) is 0 Å². The number of amides is 1. The van der Waals surface area contributed by atoms with Gasteiger partial charge in [0.2, 0.25) is 0 Å². The highest BCUT2D eigenvalue weighted by molar-refractivity contribution is 5.85. The zero-order chi connectivity index (χ0) is 27.3. The number of unbranched alkanes of at least 4 members (excludes halogenated alkanes) is 3. The highest BCUT2D eigenvalue weighted by Crippen LogP contribution is 2.67. The largest absolute Gasteiger partial charge is 0.450 e. The third-order valence-corrected chi connectivity index (χ3v) is 12.0. The van der Waals surface area contributed by atoms with E-state index in [1.807, 2.05) is 0 Å². The Morgan fingerprint density at radius 2 is 1.77 bits per heavy atom. The van der Waals surface area contributed by atoms with Crippen LogP contribution < -0.4 is 11.1 Å². The first-order valence-corrected chi connectivity index (χ1v) is 16.5. The third kappa shape index (κ3) is 7.37. The monoisotopic (exact) mass is 564 g/mol. The van der Waals surface area contributed by atoms with Crippen molar-refractivity contribution < 1.29 is 9.53 Å². The van der Waals surface area contributed by atoms with E-state index in [0.717, 1.165) is 80.6 Å². The molecule has 0 aromatic carbocycles. The number of nitrogens with two attached hydrogens (primary N) is 1. The van der Waals surface area contributed by atoms with Gasteiger partial charge in [0.05, 0.1) is 6.61 Å². The molecule has 3 saturated carbocycles. The van der Waals surface area contributed by atoms with Crippen molar-refractivity contribution in [2.24, 2.45) is 52.1 Å². The second-order valence-corrected chi connectivity index (χ2v) is 14.7. The highest BCUT2D eigenvalue weighted by atomic mass is 35.5. The molecule has 0 heterocycles. The average Bonchev–Trinajstić information content (AvgIpc) is 3.23. The minimum atomic E-state index is -0.223. The molecule has 4 aliphatic rings. The van der Waals surface area contributed by atoms with E-state index in [4.69, 9.17) is 10.5 Å². The summed E-state index contributed by atoms with van der Waals surface area (Å²) in [7, 11) is 0. The lowest BCUT2D eigenvalue weighted by Crippen LogP contribution is -2.52. The van der Waals surface area contributed by atoms with Crippen LogP contribution >= 0.6 is 12.4 Å². The van der Waals surface area contributed by atoms with E-state index in [-0.39, 0.29) is 24.5 Å². The standard InChI is InChI=1S/C34H60N2O2.ClH/c1-24(2)11-10-12-25(3)29-15-16-30-28-14-13-26-23-27(36-32(37)38-22-9-7-6-8-21-35)17-19-33(26,4)31(28)18-20-34(29,30)5;/h13,24-25,27-31H,6-12,14-23,35H2,1-5H3,(H,36,37);1H/t25-,27?,28?,29-,30?,31?,33+,34-;/m1./s1. The number of carbonyl (C=O) groups is 1. The van der Waals surface area contributed by atoms with Crippen molar-refractivity contribution >= 4 is 18.5 Å². The molecule has 0 spiro atoms. The minimum Gasteiger partial charge on any atom is -0.450 e. The lowest BCUT2D eigenvalue weighted by Gasteiger charge is -2.58. The Labute approximate surface area is 246 Å². The van der Waals surface area contributed by atoms with E-state index in [9.17, 15) is 4.79 Å². The van der Waals surface area contributed by atoms with Crippen LogP contribution in [0.3, 0.4) is 0 Å². The van der Waals surface area contributed by atoms with Gasteiger partial charge in [-0.25, -0.2) is 4.79 Å². The van der Waals surface area contributed by atoms with E-state index in [1.54, 1.807) is 5.57 Å². The molecule has 4 rings (SSSR count). The van der Waals surface area contributed by atoms with Gasteiger partial charge in [-0.15, -0.1) is 12.4 Å². The number of nitrogens with one attached hydrogen (secondary N) is 1. The number of alkyl carbamates (subject to hydrolysis) is 1. The van der Waals surface area contributed by atoms with Gasteiger partial charge in [0.15, 0.2) is 0 Å². The van der Waals surface area contributed by atoms with Gasteiger partial charge in [-0.05, 0) is 117 Å². The molecule has 5 heteroatoms. The van der Waals surface area contributed by atoms with Crippen LogP contribution in [0.25, 0.3) is 0 Å². The number of fused-ring (bicyclic) bond motifs is 5. The number of allylic oxidation sites excluding steroid dienone is 1. The molecule has 39 heavy (non-hydrogen) atoms. The molecule has 0 aliphatic heterocycles. The van der Waals surface area contributed by atoms with Crippen LogP contribution in [-0.2, 0) is 4.74 Å². The quantitative estimate of drug-likeness (QED) is 0.183. The van der Waals surface area contributed by atoms with Crippen molar-refractivity contribution in [1.29, 1.82) is 0 Å². The van der Waals surface area contributed by atoms with E-state index in [0.29, 0.717) is 17.4 Å². The van der Waals surface area contributed by atoms with Crippen molar-refractivity contribution in [2.75, 3.05) is 13.2 Å². The Hall–Kier alpha value is -0.740. The number of ether oxygens (including phenoxy) is 1. The summed E-state index contributed by atoms with van der Waals surface area (Å²) >= 11 is 0. The van der Waals surface area contributed by atoms with E-state index < -0.39 is 0 Å². The van der Waals surface area contributed by atoms with E-state index in [1.165, 1.54) is 57.8 Å². The Kier molecular flexibility index (Phi) is 12.1. The number of carbonyl (C=O) groups excluding carboxylic acids is 1. The number of rotatable bonds is 12. The molecule has 0 saturated heterocycles. The van der Waals surface area contributed by atoms with Crippen LogP contribution in [0.2, 0.25) is 0 Å². The SMILES string of the molecule is CC(C)CCC[C@@H](C)[C@H]1CCC2C3CC=C4CC(NC(=O)OCCCCCCN)CC[C@]4(C)C3CC[C@@]21C.Cl. The van der Waals surface area contributed by atoms with Crippen molar-refractivity contribution in [3.8, 4) is 0 Å². The molecule has 0 aromatic rings. The molecule has 4 unspecified atom stereocenters. The highest BCUT2D eigenvalue weighted by Gasteiger charge is 2.59. The van der Waals surface area contributed by atoms with Crippen LogP contribution in [0.1, 0.15) is 131 Å². The molecule has 0 radical (unpaired) electrons. The summed E-state index contributed by atoms with van der Waals surface area (Å²) in [4.78, 5) is 12.4. The summed E-state index contributed by atoms with van der Waals surface area (Å²) < 4.78 is 5.50. The minimum absolute atomic E-state index is 0. The molecule has 3 N–H and O–H groups in total. The van der Waals surface area contributed by atoms with Crippen LogP contribution in [0, 0.1) is 46.3 Å². The van der Waals surface area contributed by atoms with Gasteiger partial charge >= 0.3 is 6.09 Å². The summed E-state index contributed by atoms with van der Waals surface area (Å²) in [5.41, 5.74) is 8.07. The van der Waals surface area contributed by atoms with E-state index in [2.05, 4.69) is 46.0 Å². The predicted molar refractivity (Wildman–Crippen MR) is 166 cm³/mol. The molecule has 0 bridgehead atoms. The summed E-state index contributed by atoms with van der Waals surface area (Å²) in [5, 5.41) is 3.21. The topological polar surface area (TPSA) is 64.3 Å². The number of hydrogen-bond acceptors (Lipinski definition) is 3. The number of halogens is 1. The van der Waals surface area contributed by atoms with E-state index >= 15 is 0 Å². The zero-order valence-corrected chi connectivity index (χ0v) is 26.8. The van der Waals surface area contributed by atoms with Gasteiger partial charge in [-0.2, -0.15) is 0 Å². The Morgan fingerprint density at radius 1 is 1.00 bits per heavy atom. The van der Waals surface area contributed by atoms with Gasteiger partial charge < -0.3 is 15.8 Å². The maximum Gasteiger partial charge on any atom is 0.407 e. The zero-order valence-electron chi connectivity index (χ0n) is 25.9. The van der Waals surface area contributed by atoms with Crippen LogP contribution in [0.5, 0.6) is 0 Å². The lowest BCUT2D eigenvalue weighted by atomic mass is 9.47. The third-order valence-electron chi connectivity index (χ3n) is 12.0. The summed E-state index contributed by atoms with van der Waals surface area (Å²) in [6.07, 6.45) is 21.1. The fourth-order valence-electron chi connectivity index (χ4n) is 9.78. The molecule has 8 atom stereocenters. The first-order chi connectivity index (χ1) is 18.2.